The predicted octanol–water partition coefficient (Wildman–Crippen LogP) is 1.08. The molecule has 0 aliphatic carbocycles. The van der Waals surface area contributed by atoms with Crippen LogP contribution in [0.2, 0.25) is 0 Å². The molecule has 0 aliphatic heterocycles. The Morgan fingerprint density at radius 3 is 2.46 bits per heavy atom. The van der Waals surface area contributed by atoms with Crippen LogP contribution in [0.5, 0.6) is 0 Å². The fourth-order valence-electron chi connectivity index (χ4n) is 1.08. The highest BCUT2D eigenvalue weighted by Crippen LogP contribution is 2.00. The SMILES string of the molecule is CNC(C#N)CN(C)CCC(C)C. The Morgan fingerprint density at radius 1 is 1.46 bits per heavy atom. The lowest BCUT2D eigenvalue weighted by Gasteiger charge is -2.20. The second kappa shape index (κ2) is 6.88. The van der Waals surface area contributed by atoms with E-state index in [1.54, 1.807) is 0 Å². The fraction of sp³-hybridized carbons (Fsp3) is 0.900. The van der Waals surface area contributed by atoms with Crippen LogP contribution in [0.4, 0.5) is 0 Å². The molecule has 0 aromatic heterocycles. The summed E-state index contributed by atoms with van der Waals surface area (Å²) >= 11 is 0. The van der Waals surface area contributed by atoms with E-state index in [9.17, 15) is 0 Å². The van der Waals surface area contributed by atoms with E-state index in [1.165, 1.54) is 6.42 Å². The summed E-state index contributed by atoms with van der Waals surface area (Å²) in [5.41, 5.74) is 0. The quantitative estimate of drug-likeness (QED) is 0.669. The summed E-state index contributed by atoms with van der Waals surface area (Å²) in [7, 11) is 3.88. The van der Waals surface area contributed by atoms with Gasteiger partial charge in [0, 0.05) is 6.54 Å². The normalized spacial score (nSPS) is 13.3. The van der Waals surface area contributed by atoms with Crippen molar-refractivity contribution in [1.82, 2.24) is 10.2 Å². The molecule has 3 heteroatoms. The summed E-state index contributed by atoms with van der Waals surface area (Å²) in [4.78, 5) is 2.20. The van der Waals surface area contributed by atoms with Crippen LogP contribution in [-0.4, -0.2) is 38.1 Å². The Bertz CT molecular complexity index is 160. The van der Waals surface area contributed by atoms with Crippen LogP contribution < -0.4 is 5.32 Å². The molecular weight excluding hydrogens is 162 g/mol. The van der Waals surface area contributed by atoms with Gasteiger partial charge in [-0.15, -0.1) is 0 Å². The van der Waals surface area contributed by atoms with Gasteiger partial charge in [0.15, 0.2) is 0 Å². The Hall–Kier alpha value is -0.590. The van der Waals surface area contributed by atoms with Gasteiger partial charge in [0.1, 0.15) is 6.04 Å². The first-order valence-electron chi connectivity index (χ1n) is 4.85. The van der Waals surface area contributed by atoms with Crippen molar-refractivity contribution < 1.29 is 0 Å². The highest BCUT2D eigenvalue weighted by Gasteiger charge is 2.07. The summed E-state index contributed by atoms with van der Waals surface area (Å²) in [6.07, 6.45) is 1.19. The van der Waals surface area contributed by atoms with Crippen molar-refractivity contribution in [1.29, 1.82) is 5.26 Å². The van der Waals surface area contributed by atoms with Crippen LogP contribution in [0.25, 0.3) is 0 Å². The van der Waals surface area contributed by atoms with Crippen molar-refractivity contribution in [2.24, 2.45) is 5.92 Å². The van der Waals surface area contributed by atoms with Gasteiger partial charge in [0.25, 0.3) is 0 Å². The maximum Gasteiger partial charge on any atom is 0.108 e. The number of likely N-dealkylation sites (N-methyl/N-ethyl adjacent to an activating group) is 2. The highest BCUT2D eigenvalue weighted by atomic mass is 15.1. The van der Waals surface area contributed by atoms with Crippen LogP contribution >= 0.6 is 0 Å². The van der Waals surface area contributed by atoms with Gasteiger partial charge in [-0.05, 0) is 33.0 Å². The molecule has 1 N–H and O–H groups in total. The minimum atomic E-state index is -0.0443. The van der Waals surface area contributed by atoms with Crippen molar-refractivity contribution in [3.63, 3.8) is 0 Å². The summed E-state index contributed by atoms with van der Waals surface area (Å²) in [5, 5.41) is 11.7. The third kappa shape index (κ3) is 6.56. The second-order valence-electron chi connectivity index (χ2n) is 3.92. The molecule has 0 aliphatic rings. The zero-order valence-corrected chi connectivity index (χ0v) is 9.17. The lowest BCUT2D eigenvalue weighted by molar-refractivity contribution is 0.296. The third-order valence-corrected chi connectivity index (χ3v) is 2.09. The maximum atomic E-state index is 8.71. The van der Waals surface area contributed by atoms with Crippen molar-refractivity contribution in [2.75, 3.05) is 27.2 Å². The largest absolute Gasteiger partial charge is 0.304 e. The zero-order chi connectivity index (χ0) is 10.3. The highest BCUT2D eigenvalue weighted by molar-refractivity contribution is 4.90. The molecule has 0 rings (SSSR count). The molecule has 1 atom stereocenters. The topological polar surface area (TPSA) is 39.1 Å². The Kier molecular flexibility index (Phi) is 6.56. The van der Waals surface area contributed by atoms with E-state index in [0.717, 1.165) is 19.0 Å². The van der Waals surface area contributed by atoms with Crippen molar-refractivity contribution in [3.8, 4) is 6.07 Å². The Labute approximate surface area is 81.7 Å². The number of hydrogen-bond acceptors (Lipinski definition) is 3. The molecule has 0 radical (unpaired) electrons. The zero-order valence-electron chi connectivity index (χ0n) is 9.17. The van der Waals surface area contributed by atoms with Crippen LogP contribution in [0, 0.1) is 17.2 Å². The van der Waals surface area contributed by atoms with Crippen LogP contribution in [0.3, 0.4) is 0 Å². The Balaban J connectivity index is 3.61. The average molecular weight is 183 g/mol. The number of hydrogen-bond donors (Lipinski definition) is 1. The molecule has 0 bridgehead atoms. The molecule has 76 valence electrons. The average Bonchev–Trinajstić information content (AvgIpc) is 2.10. The van der Waals surface area contributed by atoms with E-state index in [1.807, 2.05) is 7.05 Å². The van der Waals surface area contributed by atoms with E-state index in [-0.39, 0.29) is 6.04 Å². The van der Waals surface area contributed by atoms with Gasteiger partial charge in [-0.3, -0.25) is 0 Å². The third-order valence-electron chi connectivity index (χ3n) is 2.09. The molecule has 13 heavy (non-hydrogen) atoms. The molecule has 0 fully saturated rings. The summed E-state index contributed by atoms with van der Waals surface area (Å²) in [6.45, 7) is 6.30. The molecule has 0 spiro atoms. The van der Waals surface area contributed by atoms with Gasteiger partial charge < -0.3 is 10.2 Å². The van der Waals surface area contributed by atoms with Crippen LogP contribution in [-0.2, 0) is 0 Å². The molecule has 0 heterocycles. The summed E-state index contributed by atoms with van der Waals surface area (Å²) in [6, 6.07) is 2.17. The standard InChI is InChI=1S/C10H21N3/c1-9(2)5-6-13(4)8-10(7-11)12-3/h9-10,12H,5-6,8H2,1-4H3. The first-order chi connectivity index (χ1) is 6.10. The number of nitrogens with one attached hydrogen (secondary N) is 1. The van der Waals surface area contributed by atoms with Gasteiger partial charge in [0.2, 0.25) is 0 Å². The van der Waals surface area contributed by atoms with Gasteiger partial charge in [-0.25, -0.2) is 0 Å². The minimum absolute atomic E-state index is 0.0443. The number of nitriles is 1. The monoisotopic (exact) mass is 183 g/mol. The smallest absolute Gasteiger partial charge is 0.108 e. The molecule has 0 saturated heterocycles. The molecule has 0 amide bonds. The molecule has 3 nitrogen and oxygen atoms in total. The second-order valence-corrected chi connectivity index (χ2v) is 3.92. The summed E-state index contributed by atoms with van der Waals surface area (Å²) < 4.78 is 0. The maximum absolute atomic E-state index is 8.71. The lowest BCUT2D eigenvalue weighted by Crippen LogP contribution is -2.37. The Morgan fingerprint density at radius 2 is 2.08 bits per heavy atom. The summed E-state index contributed by atoms with van der Waals surface area (Å²) in [5.74, 6) is 0.734. The molecule has 0 aromatic carbocycles. The van der Waals surface area contributed by atoms with E-state index in [0.29, 0.717) is 0 Å². The fourth-order valence-corrected chi connectivity index (χ4v) is 1.08. The lowest BCUT2D eigenvalue weighted by atomic mass is 10.1. The number of rotatable bonds is 6. The van der Waals surface area contributed by atoms with Gasteiger partial charge >= 0.3 is 0 Å². The molecule has 1 unspecified atom stereocenters. The predicted molar refractivity (Wildman–Crippen MR) is 55.4 cm³/mol. The van der Waals surface area contributed by atoms with E-state index >= 15 is 0 Å². The number of nitrogens with zero attached hydrogens (tertiary/aromatic N) is 2. The van der Waals surface area contributed by atoms with E-state index in [4.69, 9.17) is 5.26 Å². The minimum Gasteiger partial charge on any atom is -0.304 e. The van der Waals surface area contributed by atoms with E-state index < -0.39 is 0 Å². The van der Waals surface area contributed by atoms with Crippen molar-refractivity contribution >= 4 is 0 Å². The van der Waals surface area contributed by atoms with Gasteiger partial charge in [-0.2, -0.15) is 5.26 Å². The van der Waals surface area contributed by atoms with E-state index in [2.05, 4.69) is 37.2 Å². The first kappa shape index (κ1) is 12.4. The van der Waals surface area contributed by atoms with Crippen LogP contribution in [0.1, 0.15) is 20.3 Å². The van der Waals surface area contributed by atoms with Crippen molar-refractivity contribution in [3.05, 3.63) is 0 Å². The van der Waals surface area contributed by atoms with Gasteiger partial charge in [-0.1, -0.05) is 13.8 Å². The first-order valence-corrected chi connectivity index (χ1v) is 4.85. The van der Waals surface area contributed by atoms with Crippen LogP contribution in [0.15, 0.2) is 0 Å². The molecular formula is C10H21N3. The van der Waals surface area contributed by atoms with Crippen molar-refractivity contribution in [2.45, 2.75) is 26.3 Å². The molecule has 0 aromatic rings. The molecule has 0 saturated carbocycles. The van der Waals surface area contributed by atoms with Gasteiger partial charge in [0.05, 0.1) is 6.07 Å².